The highest BCUT2D eigenvalue weighted by Gasteiger charge is 2.13. The van der Waals surface area contributed by atoms with E-state index in [1.165, 1.54) is 9.13 Å². The minimum Gasteiger partial charge on any atom is -0.494 e. The van der Waals surface area contributed by atoms with Crippen molar-refractivity contribution in [1.82, 2.24) is 14.6 Å². The van der Waals surface area contributed by atoms with Crippen molar-refractivity contribution in [3.8, 4) is 5.88 Å². The number of hydrogen-bond donors (Lipinski definition) is 2. The Hall–Kier alpha value is -1.96. The van der Waals surface area contributed by atoms with Gasteiger partial charge in [0.2, 0.25) is 11.8 Å². The quantitative estimate of drug-likeness (QED) is 0.454. The van der Waals surface area contributed by atoms with Gasteiger partial charge < -0.3 is 5.11 Å². The van der Waals surface area contributed by atoms with Gasteiger partial charge in [-0.05, 0) is 32.5 Å². The van der Waals surface area contributed by atoms with E-state index in [2.05, 4.69) is 10.5 Å². The van der Waals surface area contributed by atoms with Crippen LogP contribution >= 0.6 is 12.2 Å². The highest BCUT2D eigenvalue weighted by molar-refractivity contribution is 7.71. The molecule has 8 heteroatoms. The summed E-state index contributed by atoms with van der Waals surface area (Å²) < 4.78 is 3.08. The van der Waals surface area contributed by atoms with E-state index >= 15 is 0 Å². The van der Waals surface area contributed by atoms with Crippen molar-refractivity contribution in [2.45, 2.75) is 53.1 Å². The Bertz CT molecular complexity index is 676. The second-order valence-corrected chi connectivity index (χ2v) is 5.08. The summed E-state index contributed by atoms with van der Waals surface area (Å²) in [6.07, 6.45) is 3.22. The van der Waals surface area contributed by atoms with Crippen LogP contribution in [0.5, 0.6) is 5.88 Å². The molecule has 0 bridgehead atoms. The second-order valence-electron chi connectivity index (χ2n) is 4.71. The van der Waals surface area contributed by atoms with Gasteiger partial charge in [0.05, 0.1) is 6.21 Å². The van der Waals surface area contributed by atoms with E-state index in [1.807, 2.05) is 13.8 Å². The summed E-state index contributed by atoms with van der Waals surface area (Å²) in [5, 5.41) is 13.9. The molecule has 0 saturated carbocycles. The second kappa shape index (κ2) is 8.47. The van der Waals surface area contributed by atoms with E-state index in [1.54, 1.807) is 6.92 Å². The average Bonchev–Trinajstić information content (AvgIpc) is 2.49. The Morgan fingerprint density at radius 1 is 1.32 bits per heavy atom. The van der Waals surface area contributed by atoms with Crippen molar-refractivity contribution >= 4 is 24.3 Å². The number of unbranched alkanes of at least 4 members (excludes halogenated alkanes) is 1. The normalized spacial score (nSPS) is 11.0. The van der Waals surface area contributed by atoms with E-state index in [0.717, 1.165) is 19.1 Å². The molecule has 1 amide bonds. The van der Waals surface area contributed by atoms with Gasteiger partial charge >= 0.3 is 0 Å². The predicted molar refractivity (Wildman–Crippen MR) is 87.8 cm³/mol. The van der Waals surface area contributed by atoms with Crippen LogP contribution in [0.25, 0.3) is 0 Å². The molecule has 0 radical (unpaired) electrons. The Kier molecular flexibility index (Phi) is 6.97. The van der Waals surface area contributed by atoms with E-state index in [9.17, 15) is 14.7 Å². The molecule has 0 aromatic carbocycles. The first-order valence-electron chi connectivity index (χ1n) is 7.36. The number of hydrogen-bond acceptors (Lipinski definition) is 5. The fourth-order valence-corrected chi connectivity index (χ4v) is 2.38. The van der Waals surface area contributed by atoms with Gasteiger partial charge in [0.1, 0.15) is 5.56 Å². The molecule has 1 rings (SSSR count). The Morgan fingerprint density at radius 3 is 2.50 bits per heavy atom. The number of carbonyl (C=O) groups excluding carboxylic acids is 1. The van der Waals surface area contributed by atoms with Crippen LogP contribution in [-0.4, -0.2) is 26.4 Å². The lowest BCUT2D eigenvalue weighted by atomic mass is 10.2. The summed E-state index contributed by atoms with van der Waals surface area (Å²) in [4.78, 5) is 23.7. The van der Waals surface area contributed by atoms with Gasteiger partial charge in [-0.1, -0.05) is 13.3 Å². The highest BCUT2D eigenvalue weighted by atomic mass is 32.1. The molecule has 0 spiro atoms. The molecule has 0 fully saturated rings. The molecular weight excluding hydrogens is 304 g/mol. The van der Waals surface area contributed by atoms with E-state index in [-0.39, 0.29) is 22.1 Å². The van der Waals surface area contributed by atoms with Crippen molar-refractivity contribution in [2.24, 2.45) is 5.10 Å². The first kappa shape index (κ1) is 18.1. The predicted octanol–water partition coefficient (Wildman–Crippen LogP) is 1.76. The van der Waals surface area contributed by atoms with Gasteiger partial charge in [0, 0.05) is 19.5 Å². The number of nitrogens with one attached hydrogen (secondary N) is 1. The molecular formula is C14H22N4O3S. The zero-order chi connectivity index (χ0) is 16.7. The number of rotatable bonds is 7. The zero-order valence-corrected chi connectivity index (χ0v) is 13.9. The monoisotopic (exact) mass is 326 g/mol. The maximum Gasteiger partial charge on any atom is 0.267 e. The largest absolute Gasteiger partial charge is 0.494 e. The Labute approximate surface area is 134 Å². The lowest BCUT2D eigenvalue weighted by Gasteiger charge is -2.13. The molecule has 7 nitrogen and oxygen atoms in total. The topological polar surface area (TPSA) is 88.6 Å². The third kappa shape index (κ3) is 4.03. The molecule has 2 N–H and O–H groups in total. The number of carbonyl (C=O) groups is 1. The first-order chi connectivity index (χ1) is 10.5. The van der Waals surface area contributed by atoms with Gasteiger partial charge in [-0.15, -0.1) is 0 Å². The average molecular weight is 326 g/mol. The summed E-state index contributed by atoms with van der Waals surface area (Å²) in [6, 6.07) is 0. The third-order valence-electron chi connectivity index (χ3n) is 3.21. The SMILES string of the molecule is CCCCC(=O)N/N=C\c1c(O)n(CC)c(=S)n(CC)c1=O. The lowest BCUT2D eigenvalue weighted by molar-refractivity contribution is -0.121. The van der Waals surface area contributed by atoms with Gasteiger partial charge in [-0.25, -0.2) is 5.43 Å². The van der Waals surface area contributed by atoms with Crippen LogP contribution in [0.4, 0.5) is 0 Å². The summed E-state index contributed by atoms with van der Waals surface area (Å²) in [5.41, 5.74) is 1.92. The number of hydrazone groups is 1. The molecule has 122 valence electrons. The van der Waals surface area contributed by atoms with Crippen molar-refractivity contribution in [1.29, 1.82) is 0 Å². The van der Waals surface area contributed by atoms with Crippen molar-refractivity contribution < 1.29 is 9.90 Å². The molecule has 0 aliphatic carbocycles. The van der Waals surface area contributed by atoms with Crippen LogP contribution < -0.4 is 11.0 Å². The van der Waals surface area contributed by atoms with Crippen molar-refractivity contribution in [3.05, 3.63) is 20.7 Å². The fraction of sp³-hybridized carbons (Fsp3) is 0.571. The van der Waals surface area contributed by atoms with Crippen molar-refractivity contribution in [2.75, 3.05) is 0 Å². The van der Waals surface area contributed by atoms with Gasteiger partial charge in [0.25, 0.3) is 5.56 Å². The number of aromatic nitrogens is 2. The summed E-state index contributed by atoms with van der Waals surface area (Å²) in [7, 11) is 0. The number of amides is 1. The Balaban J connectivity index is 3.12. The molecule has 0 aliphatic heterocycles. The van der Waals surface area contributed by atoms with Gasteiger partial charge in [-0.3, -0.25) is 18.7 Å². The molecule has 1 heterocycles. The van der Waals surface area contributed by atoms with Crippen LogP contribution in [0.2, 0.25) is 0 Å². The molecule has 1 aromatic heterocycles. The smallest absolute Gasteiger partial charge is 0.267 e. The molecule has 22 heavy (non-hydrogen) atoms. The maximum absolute atomic E-state index is 12.3. The zero-order valence-electron chi connectivity index (χ0n) is 13.1. The fourth-order valence-electron chi connectivity index (χ4n) is 1.95. The molecule has 0 saturated heterocycles. The van der Waals surface area contributed by atoms with Crippen LogP contribution in [-0.2, 0) is 17.9 Å². The molecule has 0 aliphatic rings. The highest BCUT2D eigenvalue weighted by Crippen LogP contribution is 2.12. The molecule has 0 atom stereocenters. The van der Waals surface area contributed by atoms with Crippen molar-refractivity contribution in [3.63, 3.8) is 0 Å². The minimum absolute atomic E-state index is 0.00749. The van der Waals surface area contributed by atoms with Crippen LogP contribution in [0.1, 0.15) is 45.6 Å². The molecule has 0 unspecified atom stereocenters. The lowest BCUT2D eigenvalue weighted by Crippen LogP contribution is -2.28. The standard InChI is InChI=1S/C14H22N4O3S/c1-4-7-8-11(19)16-15-9-10-12(20)17(5-2)14(22)18(6-3)13(10)21/h9,20H,4-8H2,1-3H3,(H,16,19)/b15-9-. The van der Waals surface area contributed by atoms with E-state index in [4.69, 9.17) is 12.2 Å². The summed E-state index contributed by atoms with van der Waals surface area (Å²) >= 11 is 5.18. The number of nitrogens with zero attached hydrogens (tertiary/aromatic N) is 3. The number of aromatic hydroxyl groups is 1. The Morgan fingerprint density at radius 2 is 1.95 bits per heavy atom. The summed E-state index contributed by atoms with van der Waals surface area (Å²) in [6.45, 7) is 6.41. The van der Waals surface area contributed by atoms with Crippen LogP contribution in [0.3, 0.4) is 0 Å². The first-order valence-corrected chi connectivity index (χ1v) is 7.77. The third-order valence-corrected chi connectivity index (χ3v) is 3.65. The van der Waals surface area contributed by atoms with Gasteiger partial charge in [0.15, 0.2) is 4.77 Å². The summed E-state index contributed by atoms with van der Waals surface area (Å²) in [5.74, 6) is -0.467. The van der Waals surface area contributed by atoms with Gasteiger partial charge in [-0.2, -0.15) is 5.10 Å². The molecule has 1 aromatic rings. The maximum atomic E-state index is 12.3. The van der Waals surface area contributed by atoms with E-state index < -0.39 is 5.56 Å². The minimum atomic E-state index is -0.429. The van der Waals surface area contributed by atoms with Crippen LogP contribution in [0, 0.1) is 4.77 Å². The van der Waals surface area contributed by atoms with Crippen LogP contribution in [0.15, 0.2) is 9.90 Å². The van der Waals surface area contributed by atoms with E-state index in [0.29, 0.717) is 19.5 Å².